The van der Waals surface area contributed by atoms with E-state index in [4.69, 9.17) is 0 Å². The predicted octanol–water partition coefficient (Wildman–Crippen LogP) is 5.27. The molecule has 0 aliphatic carbocycles. The van der Waals surface area contributed by atoms with Crippen LogP contribution in [0, 0.1) is 0 Å². The molecule has 1 rings (SSSR count). The Morgan fingerprint density at radius 3 is 2.17 bits per heavy atom. The first-order valence-electron chi connectivity index (χ1n) is 7.95. The average Bonchev–Trinajstić information content (AvgIpc) is 2.41. The molecule has 0 spiro atoms. The van der Waals surface area contributed by atoms with Gasteiger partial charge in [0.1, 0.15) is 0 Å². The van der Waals surface area contributed by atoms with E-state index in [9.17, 15) is 0 Å². The van der Waals surface area contributed by atoms with Crippen LogP contribution in [-0.2, 0) is 12.8 Å². The summed E-state index contributed by atoms with van der Waals surface area (Å²) in [5, 5.41) is 0. The summed E-state index contributed by atoms with van der Waals surface area (Å²) in [6.45, 7) is 6.89. The van der Waals surface area contributed by atoms with E-state index < -0.39 is 0 Å². The zero-order valence-electron chi connectivity index (χ0n) is 12.4. The van der Waals surface area contributed by atoms with Gasteiger partial charge in [-0.15, -0.1) is 0 Å². The predicted molar refractivity (Wildman–Crippen MR) is 83.5 cm³/mol. The quantitative estimate of drug-likeness (QED) is 0.492. The van der Waals surface area contributed by atoms with E-state index in [1.54, 1.807) is 11.0 Å². The molecule has 0 atom stereocenters. The third-order valence-corrected chi connectivity index (χ3v) is 3.72. The Balaban J connectivity index is 2.36. The van der Waals surface area contributed by atoms with Crippen molar-refractivity contribution in [3.8, 4) is 0 Å². The SMILES string of the molecule is CCCCCCc1bcccc1CCCCCC. The Morgan fingerprint density at radius 2 is 1.50 bits per heavy atom. The van der Waals surface area contributed by atoms with E-state index in [-0.39, 0.29) is 0 Å². The Morgan fingerprint density at radius 1 is 0.833 bits per heavy atom. The van der Waals surface area contributed by atoms with Crippen LogP contribution in [0.15, 0.2) is 18.1 Å². The van der Waals surface area contributed by atoms with Crippen LogP contribution in [0.5, 0.6) is 0 Å². The summed E-state index contributed by atoms with van der Waals surface area (Å²) in [4.78, 5) is 0. The molecule has 0 nitrogen and oxygen atoms in total. The minimum atomic E-state index is 1.28. The first-order chi connectivity index (χ1) is 8.88. The van der Waals surface area contributed by atoms with Gasteiger partial charge >= 0.3 is 114 Å². The van der Waals surface area contributed by atoms with Gasteiger partial charge < -0.3 is 0 Å². The summed E-state index contributed by atoms with van der Waals surface area (Å²) in [5.74, 6) is 2.20. The standard InChI is InChI=1S/C17H29B/c1-3-5-7-9-12-16-13-11-15-18-17(16)14-10-8-6-4-2/h11,13,15H,3-10,12,14H2,1-2H3. The molecule has 1 heteroatoms. The third kappa shape index (κ3) is 6.38. The molecule has 0 aliphatic heterocycles. The van der Waals surface area contributed by atoms with Crippen LogP contribution in [0.3, 0.4) is 0 Å². The molecule has 0 unspecified atom stereocenters. The Labute approximate surface area is 114 Å². The molecule has 0 bridgehead atoms. The van der Waals surface area contributed by atoms with Crippen LogP contribution < -0.4 is 0 Å². The Bertz CT molecular complexity index is 275. The molecule has 100 valence electrons. The molecule has 1 heterocycles. The fourth-order valence-electron chi connectivity index (χ4n) is 2.53. The average molecular weight is 244 g/mol. The van der Waals surface area contributed by atoms with Crippen molar-refractivity contribution in [2.45, 2.75) is 78.1 Å². The number of aryl methyl sites for hydroxylation is 2. The molecule has 0 aromatic carbocycles. The second kappa shape index (κ2) is 10.3. The van der Waals surface area contributed by atoms with E-state index in [2.05, 4.69) is 38.9 Å². The molecule has 1 aromatic rings. The van der Waals surface area contributed by atoms with E-state index >= 15 is 0 Å². The fourth-order valence-corrected chi connectivity index (χ4v) is 2.53. The summed E-state index contributed by atoms with van der Waals surface area (Å²) < 4.78 is 0. The van der Waals surface area contributed by atoms with Gasteiger partial charge in [-0.05, 0) is 0 Å². The van der Waals surface area contributed by atoms with Gasteiger partial charge in [-0.2, -0.15) is 0 Å². The summed E-state index contributed by atoms with van der Waals surface area (Å²) in [6.07, 6.45) is 13.5. The van der Waals surface area contributed by atoms with Crippen molar-refractivity contribution >= 4 is 6.91 Å². The number of rotatable bonds is 10. The van der Waals surface area contributed by atoms with Crippen LogP contribution in [0.2, 0.25) is 0 Å². The van der Waals surface area contributed by atoms with Gasteiger partial charge in [0.25, 0.3) is 0 Å². The van der Waals surface area contributed by atoms with Crippen LogP contribution in [0.25, 0.3) is 0 Å². The van der Waals surface area contributed by atoms with Crippen molar-refractivity contribution in [3.63, 3.8) is 0 Å². The summed E-state index contributed by atoms with van der Waals surface area (Å²) in [7, 11) is 0. The molecule has 0 fully saturated rings. The first kappa shape index (κ1) is 15.5. The number of unbranched alkanes of at least 4 members (excludes halogenated alkanes) is 6. The van der Waals surface area contributed by atoms with Crippen molar-refractivity contribution in [2.75, 3.05) is 0 Å². The third-order valence-electron chi connectivity index (χ3n) is 3.72. The molecule has 1 aromatic heterocycles. The molecule has 0 N–H and O–H groups in total. The molecule has 0 aliphatic rings. The van der Waals surface area contributed by atoms with E-state index in [1.807, 2.05) is 0 Å². The zero-order chi connectivity index (χ0) is 13.1. The van der Waals surface area contributed by atoms with Crippen molar-refractivity contribution in [1.82, 2.24) is 0 Å². The van der Waals surface area contributed by atoms with Crippen LogP contribution in [0.1, 0.15) is 76.2 Å². The Hall–Kier alpha value is -0.585. The van der Waals surface area contributed by atoms with Crippen LogP contribution in [-0.4, -0.2) is 6.91 Å². The normalized spacial score (nSPS) is 10.6. The van der Waals surface area contributed by atoms with Gasteiger partial charge in [0.05, 0.1) is 0 Å². The van der Waals surface area contributed by atoms with Gasteiger partial charge in [0.2, 0.25) is 0 Å². The van der Waals surface area contributed by atoms with Gasteiger partial charge in [0, 0.05) is 0 Å². The van der Waals surface area contributed by atoms with Crippen molar-refractivity contribution in [2.24, 2.45) is 0 Å². The monoisotopic (exact) mass is 244 g/mol. The maximum atomic E-state index is 2.33. The van der Waals surface area contributed by atoms with Crippen molar-refractivity contribution < 1.29 is 0 Å². The van der Waals surface area contributed by atoms with Crippen LogP contribution >= 0.6 is 0 Å². The molecule has 18 heavy (non-hydrogen) atoms. The minimum absolute atomic E-state index is 1.28. The van der Waals surface area contributed by atoms with Crippen molar-refractivity contribution in [1.29, 1.82) is 0 Å². The molecular formula is C17H29B. The van der Waals surface area contributed by atoms with E-state index in [0.29, 0.717) is 0 Å². The molecule has 0 radical (unpaired) electrons. The van der Waals surface area contributed by atoms with E-state index in [0.717, 1.165) is 0 Å². The molecule has 0 saturated heterocycles. The second-order valence-electron chi connectivity index (χ2n) is 5.39. The topological polar surface area (TPSA) is 0 Å². The van der Waals surface area contributed by atoms with E-state index in [1.165, 1.54) is 64.2 Å². The van der Waals surface area contributed by atoms with Gasteiger partial charge in [-0.3, -0.25) is 0 Å². The summed E-state index contributed by atoms with van der Waals surface area (Å²) in [5.41, 5.74) is 3.20. The van der Waals surface area contributed by atoms with Crippen LogP contribution in [0.4, 0.5) is 0 Å². The molecular weight excluding hydrogens is 215 g/mol. The van der Waals surface area contributed by atoms with Gasteiger partial charge in [0.15, 0.2) is 0 Å². The Kier molecular flexibility index (Phi) is 8.89. The molecule has 0 saturated carbocycles. The number of hydrogen-bond donors (Lipinski definition) is 0. The molecule has 0 amide bonds. The maximum absolute atomic E-state index is 2.33. The summed E-state index contributed by atoms with van der Waals surface area (Å²) >= 11 is 0. The van der Waals surface area contributed by atoms with Crippen molar-refractivity contribution in [3.05, 3.63) is 29.1 Å². The fraction of sp³-hybridized carbons (Fsp3) is 0.706. The summed E-state index contributed by atoms with van der Waals surface area (Å²) in [6, 6.07) is 4.53. The zero-order valence-corrected chi connectivity index (χ0v) is 12.4. The first-order valence-corrected chi connectivity index (χ1v) is 7.95. The van der Waals surface area contributed by atoms with Gasteiger partial charge in [-0.1, -0.05) is 0 Å². The van der Waals surface area contributed by atoms with Gasteiger partial charge in [-0.25, -0.2) is 0 Å². The number of hydrogen-bond acceptors (Lipinski definition) is 0. The second-order valence-corrected chi connectivity index (χ2v) is 5.39.